The summed E-state index contributed by atoms with van der Waals surface area (Å²) in [6, 6.07) is 13.9. The number of benzene rings is 2. The van der Waals surface area contributed by atoms with E-state index >= 15 is 0 Å². The average Bonchev–Trinajstić information content (AvgIpc) is 2.39. The summed E-state index contributed by atoms with van der Waals surface area (Å²) < 4.78 is 23.3. The molecule has 1 atom stereocenters. The molecule has 0 aromatic heterocycles. The van der Waals surface area contributed by atoms with Crippen molar-refractivity contribution in [2.75, 3.05) is 0 Å². The number of hydrogen-bond acceptors (Lipinski definition) is 3. The summed E-state index contributed by atoms with van der Waals surface area (Å²) in [5.41, 5.74) is 0.815. The molecule has 0 radical (unpaired) electrons. The van der Waals surface area contributed by atoms with Crippen molar-refractivity contribution in [1.29, 1.82) is 0 Å². The second kappa shape index (κ2) is 6.20. The predicted octanol–water partition coefficient (Wildman–Crippen LogP) is 3.67. The summed E-state index contributed by atoms with van der Waals surface area (Å²) in [4.78, 5) is 0. The van der Waals surface area contributed by atoms with Gasteiger partial charge in [-0.15, -0.1) is 0 Å². The van der Waals surface area contributed by atoms with Gasteiger partial charge in [0.2, 0.25) is 6.36 Å². The Morgan fingerprint density at radius 1 is 1.05 bits per heavy atom. The van der Waals surface area contributed by atoms with E-state index in [-0.39, 0.29) is 6.61 Å². The third kappa shape index (κ3) is 3.96. The highest BCUT2D eigenvalue weighted by molar-refractivity contribution is 5.37. The molecule has 100 valence electrons. The molecule has 19 heavy (non-hydrogen) atoms. The number of halogens is 1. The van der Waals surface area contributed by atoms with Crippen LogP contribution in [0.3, 0.4) is 0 Å². The maximum Gasteiger partial charge on any atom is 0.235 e. The highest BCUT2D eigenvalue weighted by Crippen LogP contribution is 2.26. The fraction of sp³-hybridized carbons (Fsp3) is 0.200. The van der Waals surface area contributed by atoms with E-state index < -0.39 is 6.36 Å². The monoisotopic (exact) mass is 262 g/mol. The van der Waals surface area contributed by atoms with Crippen LogP contribution < -0.4 is 9.47 Å². The van der Waals surface area contributed by atoms with Crippen molar-refractivity contribution in [2.24, 2.45) is 0 Å². The summed E-state index contributed by atoms with van der Waals surface area (Å²) in [7, 11) is 0. The number of aliphatic hydroxyl groups excluding tert-OH is 1. The molecule has 0 amide bonds. The third-order valence-electron chi connectivity index (χ3n) is 2.45. The van der Waals surface area contributed by atoms with Gasteiger partial charge in [-0.3, -0.25) is 0 Å². The Labute approximate surface area is 111 Å². The predicted molar refractivity (Wildman–Crippen MR) is 70.1 cm³/mol. The van der Waals surface area contributed by atoms with Gasteiger partial charge >= 0.3 is 0 Å². The molecule has 0 unspecified atom stereocenters. The van der Waals surface area contributed by atoms with Crippen LogP contribution in [0.4, 0.5) is 4.39 Å². The van der Waals surface area contributed by atoms with Crippen molar-refractivity contribution >= 4 is 0 Å². The van der Waals surface area contributed by atoms with Gasteiger partial charge in [0.25, 0.3) is 0 Å². The van der Waals surface area contributed by atoms with Crippen LogP contribution in [0, 0.1) is 0 Å². The summed E-state index contributed by atoms with van der Waals surface area (Å²) in [5, 5.41) is 8.95. The second-order valence-corrected chi connectivity index (χ2v) is 4.04. The van der Waals surface area contributed by atoms with Gasteiger partial charge in [-0.05, 0) is 29.8 Å². The van der Waals surface area contributed by atoms with Crippen LogP contribution in [0.15, 0.2) is 48.5 Å². The lowest BCUT2D eigenvalue weighted by Gasteiger charge is -2.10. The Balaban J connectivity index is 2.09. The van der Waals surface area contributed by atoms with Gasteiger partial charge < -0.3 is 14.6 Å². The van der Waals surface area contributed by atoms with Crippen LogP contribution in [-0.4, -0.2) is 11.5 Å². The number of ether oxygens (including phenoxy) is 2. The van der Waals surface area contributed by atoms with Crippen LogP contribution in [0.25, 0.3) is 0 Å². The van der Waals surface area contributed by atoms with Crippen LogP contribution in [0.1, 0.15) is 12.5 Å². The van der Waals surface area contributed by atoms with Crippen molar-refractivity contribution in [3.05, 3.63) is 54.1 Å². The minimum atomic E-state index is -1.36. The SMILES string of the molecule is C[C@@H](F)Oc1cccc(Oc2ccc(CO)cc2)c1. The quantitative estimate of drug-likeness (QED) is 0.893. The van der Waals surface area contributed by atoms with E-state index in [0.29, 0.717) is 17.2 Å². The van der Waals surface area contributed by atoms with Gasteiger partial charge in [-0.2, -0.15) is 0 Å². The normalized spacial score (nSPS) is 11.9. The Morgan fingerprint density at radius 3 is 2.37 bits per heavy atom. The van der Waals surface area contributed by atoms with Gasteiger partial charge in [-0.25, -0.2) is 4.39 Å². The lowest BCUT2D eigenvalue weighted by molar-refractivity contribution is 0.0859. The molecule has 0 saturated carbocycles. The van der Waals surface area contributed by atoms with E-state index in [2.05, 4.69) is 0 Å². The highest BCUT2D eigenvalue weighted by atomic mass is 19.1. The molecule has 0 heterocycles. The van der Waals surface area contributed by atoms with E-state index in [4.69, 9.17) is 14.6 Å². The van der Waals surface area contributed by atoms with Gasteiger partial charge in [0.05, 0.1) is 6.61 Å². The average molecular weight is 262 g/mol. The van der Waals surface area contributed by atoms with E-state index in [0.717, 1.165) is 5.56 Å². The number of aliphatic hydroxyl groups is 1. The molecule has 0 fully saturated rings. The lowest BCUT2D eigenvalue weighted by atomic mass is 10.2. The Kier molecular flexibility index (Phi) is 4.36. The highest BCUT2D eigenvalue weighted by Gasteiger charge is 2.03. The van der Waals surface area contributed by atoms with Crippen molar-refractivity contribution < 1.29 is 19.0 Å². The maximum atomic E-state index is 12.7. The van der Waals surface area contributed by atoms with E-state index in [1.807, 2.05) is 0 Å². The summed E-state index contributed by atoms with van der Waals surface area (Å²) in [6.45, 7) is 1.32. The minimum absolute atomic E-state index is 0.00199. The van der Waals surface area contributed by atoms with Crippen LogP contribution in [0.2, 0.25) is 0 Å². The van der Waals surface area contributed by atoms with Crippen LogP contribution >= 0.6 is 0 Å². The Hall–Kier alpha value is -2.07. The zero-order valence-electron chi connectivity index (χ0n) is 10.5. The molecular weight excluding hydrogens is 247 g/mol. The second-order valence-electron chi connectivity index (χ2n) is 4.04. The molecule has 2 rings (SSSR count). The first-order chi connectivity index (χ1) is 9.17. The maximum absolute atomic E-state index is 12.7. The van der Waals surface area contributed by atoms with Gasteiger partial charge in [0.15, 0.2) is 0 Å². The van der Waals surface area contributed by atoms with Crippen molar-refractivity contribution in [3.8, 4) is 17.2 Å². The van der Waals surface area contributed by atoms with Gasteiger partial charge in [0.1, 0.15) is 17.2 Å². The van der Waals surface area contributed by atoms with E-state index in [1.165, 1.54) is 6.92 Å². The van der Waals surface area contributed by atoms with Gasteiger partial charge in [-0.1, -0.05) is 18.2 Å². The Bertz CT molecular complexity index is 523. The minimum Gasteiger partial charge on any atom is -0.461 e. The molecule has 0 aliphatic rings. The smallest absolute Gasteiger partial charge is 0.235 e. The van der Waals surface area contributed by atoms with E-state index in [9.17, 15) is 4.39 Å². The van der Waals surface area contributed by atoms with Crippen molar-refractivity contribution in [3.63, 3.8) is 0 Å². The Morgan fingerprint density at radius 2 is 1.74 bits per heavy atom. The molecule has 1 N–H and O–H groups in total. The largest absolute Gasteiger partial charge is 0.461 e. The molecule has 2 aromatic carbocycles. The van der Waals surface area contributed by atoms with Crippen molar-refractivity contribution in [1.82, 2.24) is 0 Å². The third-order valence-corrected chi connectivity index (χ3v) is 2.45. The topological polar surface area (TPSA) is 38.7 Å². The summed E-state index contributed by atoms with van der Waals surface area (Å²) in [5.74, 6) is 1.62. The number of alkyl halides is 1. The molecule has 2 aromatic rings. The van der Waals surface area contributed by atoms with Crippen LogP contribution in [0.5, 0.6) is 17.2 Å². The molecule has 0 saturated heterocycles. The fourth-order valence-electron chi connectivity index (χ4n) is 1.60. The molecule has 0 aliphatic heterocycles. The first-order valence-corrected chi connectivity index (χ1v) is 5.96. The fourth-order valence-corrected chi connectivity index (χ4v) is 1.60. The number of hydrogen-bond donors (Lipinski definition) is 1. The zero-order chi connectivity index (χ0) is 13.7. The van der Waals surface area contributed by atoms with Gasteiger partial charge in [0, 0.05) is 13.0 Å². The molecule has 0 aliphatic carbocycles. The first-order valence-electron chi connectivity index (χ1n) is 5.96. The number of rotatable bonds is 5. The lowest BCUT2D eigenvalue weighted by Crippen LogP contribution is -2.03. The zero-order valence-corrected chi connectivity index (χ0v) is 10.5. The van der Waals surface area contributed by atoms with Crippen LogP contribution in [-0.2, 0) is 6.61 Å². The molecule has 0 spiro atoms. The molecule has 3 nitrogen and oxygen atoms in total. The standard InChI is InChI=1S/C15H15FO3/c1-11(16)18-14-3-2-4-15(9-14)19-13-7-5-12(10-17)6-8-13/h2-9,11,17H,10H2,1H3/t11-/m0/s1. The molecule has 0 bridgehead atoms. The summed E-state index contributed by atoms with van der Waals surface area (Å²) >= 11 is 0. The molecule has 4 heteroatoms. The molecular formula is C15H15FO3. The van der Waals surface area contributed by atoms with Crippen molar-refractivity contribution in [2.45, 2.75) is 19.9 Å². The van der Waals surface area contributed by atoms with E-state index in [1.54, 1.807) is 48.5 Å². The first kappa shape index (κ1) is 13.4. The summed E-state index contributed by atoms with van der Waals surface area (Å²) in [6.07, 6.45) is -1.36.